The molecule has 0 atom stereocenters. The molecule has 156 valence electrons. The molecule has 1 heterocycles. The van der Waals surface area contributed by atoms with E-state index in [1.54, 1.807) is 12.1 Å². The van der Waals surface area contributed by atoms with Crippen molar-refractivity contribution in [3.63, 3.8) is 0 Å². The molecule has 7 heteroatoms. The van der Waals surface area contributed by atoms with E-state index >= 15 is 0 Å². The van der Waals surface area contributed by atoms with Crippen LogP contribution in [0.15, 0.2) is 90.1 Å². The minimum absolute atomic E-state index is 0.0670. The van der Waals surface area contributed by atoms with Crippen LogP contribution in [0.2, 0.25) is 0 Å². The van der Waals surface area contributed by atoms with E-state index in [1.807, 2.05) is 65.3 Å². The fourth-order valence-corrected chi connectivity index (χ4v) is 3.76. The van der Waals surface area contributed by atoms with Gasteiger partial charge in [-0.2, -0.15) is 0 Å². The van der Waals surface area contributed by atoms with Crippen LogP contribution in [0.1, 0.15) is 12.0 Å². The number of hydrogen-bond donors (Lipinski definition) is 1. The number of amides is 1. The average molecular weight is 433 g/mol. The van der Waals surface area contributed by atoms with Gasteiger partial charge in [0, 0.05) is 24.3 Å². The lowest BCUT2D eigenvalue weighted by atomic mass is 10.2. The third-order valence-electron chi connectivity index (χ3n) is 4.58. The molecule has 0 unspecified atom stereocenters. The van der Waals surface area contributed by atoms with Gasteiger partial charge in [-0.15, -0.1) is 5.10 Å². The number of carbonyl (C=O) groups excluding carboxylic acids is 1. The summed E-state index contributed by atoms with van der Waals surface area (Å²) in [5.74, 6) is 0.962. The van der Waals surface area contributed by atoms with Crippen molar-refractivity contribution in [3.8, 4) is 17.1 Å². The molecule has 31 heavy (non-hydrogen) atoms. The molecular formula is C24H21FN4OS. The highest BCUT2D eigenvalue weighted by Crippen LogP contribution is 2.25. The Morgan fingerprint density at radius 1 is 0.935 bits per heavy atom. The smallest absolute Gasteiger partial charge is 0.221 e. The number of carbonyl (C=O) groups is 1. The maximum Gasteiger partial charge on any atom is 0.221 e. The fourth-order valence-electron chi connectivity index (χ4n) is 3.00. The molecule has 0 fully saturated rings. The first kappa shape index (κ1) is 20.8. The fraction of sp³-hybridized carbons (Fsp3) is 0.125. The normalized spacial score (nSPS) is 10.7. The average Bonchev–Trinajstić information content (AvgIpc) is 3.24. The second-order valence-corrected chi connectivity index (χ2v) is 7.90. The highest BCUT2D eigenvalue weighted by Gasteiger charge is 2.14. The number of hydrogen-bond acceptors (Lipinski definition) is 4. The Morgan fingerprint density at radius 2 is 1.61 bits per heavy atom. The van der Waals surface area contributed by atoms with Crippen LogP contribution < -0.4 is 5.32 Å². The van der Waals surface area contributed by atoms with Crippen LogP contribution in [0.3, 0.4) is 0 Å². The van der Waals surface area contributed by atoms with E-state index in [9.17, 15) is 9.18 Å². The van der Waals surface area contributed by atoms with Gasteiger partial charge in [0.15, 0.2) is 5.82 Å². The number of halogens is 1. The van der Waals surface area contributed by atoms with Crippen molar-refractivity contribution in [1.82, 2.24) is 20.1 Å². The highest BCUT2D eigenvalue weighted by atomic mass is 32.2. The van der Waals surface area contributed by atoms with Crippen LogP contribution in [0, 0.1) is 5.82 Å². The van der Waals surface area contributed by atoms with Crippen LogP contribution >= 0.6 is 11.8 Å². The van der Waals surface area contributed by atoms with Crippen molar-refractivity contribution in [2.45, 2.75) is 18.1 Å². The minimum Gasteiger partial charge on any atom is -0.352 e. The summed E-state index contributed by atoms with van der Waals surface area (Å²) >= 11 is 1.44. The third-order valence-corrected chi connectivity index (χ3v) is 5.42. The minimum atomic E-state index is -0.288. The summed E-state index contributed by atoms with van der Waals surface area (Å²) in [7, 11) is 0. The SMILES string of the molecule is O=C(CCSc1nc(-c2ccccc2)n(-c2ccccc2)n1)NCc1ccc(F)cc1. The Kier molecular flexibility index (Phi) is 6.74. The molecule has 5 nitrogen and oxygen atoms in total. The summed E-state index contributed by atoms with van der Waals surface area (Å²) < 4.78 is 14.8. The number of thioether (sulfide) groups is 1. The molecular weight excluding hydrogens is 411 g/mol. The Labute approximate surface area is 184 Å². The second-order valence-electron chi connectivity index (χ2n) is 6.83. The summed E-state index contributed by atoms with van der Waals surface area (Å²) in [6.07, 6.45) is 0.340. The summed E-state index contributed by atoms with van der Waals surface area (Å²) in [6.45, 7) is 0.378. The lowest BCUT2D eigenvalue weighted by molar-refractivity contribution is -0.120. The van der Waals surface area contributed by atoms with Gasteiger partial charge in [0.05, 0.1) is 5.69 Å². The van der Waals surface area contributed by atoms with Gasteiger partial charge in [-0.25, -0.2) is 14.1 Å². The van der Waals surface area contributed by atoms with Crippen molar-refractivity contribution in [2.24, 2.45) is 0 Å². The molecule has 3 aromatic carbocycles. The highest BCUT2D eigenvalue weighted by molar-refractivity contribution is 7.99. The van der Waals surface area contributed by atoms with E-state index in [4.69, 9.17) is 4.98 Å². The first-order chi connectivity index (χ1) is 15.2. The number of nitrogens with zero attached hydrogens (tertiary/aromatic N) is 3. The number of aromatic nitrogens is 3. The van der Waals surface area contributed by atoms with E-state index < -0.39 is 0 Å². The summed E-state index contributed by atoms with van der Waals surface area (Å²) in [4.78, 5) is 16.8. The molecule has 0 spiro atoms. The monoisotopic (exact) mass is 432 g/mol. The van der Waals surface area contributed by atoms with Crippen LogP contribution in [-0.4, -0.2) is 26.4 Å². The molecule has 0 bridgehead atoms. The standard InChI is InChI=1S/C24H21FN4OS/c25-20-13-11-18(12-14-20)17-26-22(30)15-16-31-24-27-23(19-7-3-1-4-8-19)29(28-24)21-9-5-2-6-10-21/h1-14H,15-17H2,(H,26,30). The van der Waals surface area contributed by atoms with Gasteiger partial charge >= 0.3 is 0 Å². The quantitative estimate of drug-likeness (QED) is 0.404. The molecule has 0 aliphatic rings. The van der Waals surface area contributed by atoms with E-state index in [1.165, 1.54) is 23.9 Å². The molecule has 0 aliphatic carbocycles. The first-order valence-corrected chi connectivity index (χ1v) is 10.9. The molecule has 0 aliphatic heterocycles. The molecule has 4 aromatic rings. The largest absolute Gasteiger partial charge is 0.352 e. The predicted octanol–water partition coefficient (Wildman–Crippen LogP) is 4.87. The van der Waals surface area contributed by atoms with Gasteiger partial charge in [0.2, 0.25) is 11.1 Å². The number of nitrogens with one attached hydrogen (secondary N) is 1. The zero-order valence-electron chi connectivity index (χ0n) is 16.7. The van der Waals surface area contributed by atoms with Crippen LogP contribution in [0.25, 0.3) is 17.1 Å². The first-order valence-electron chi connectivity index (χ1n) is 9.91. The van der Waals surface area contributed by atoms with Gasteiger partial charge < -0.3 is 5.32 Å². The maximum absolute atomic E-state index is 13.0. The maximum atomic E-state index is 13.0. The van der Waals surface area contributed by atoms with Gasteiger partial charge in [0.1, 0.15) is 5.82 Å². The molecule has 4 rings (SSSR count). The topological polar surface area (TPSA) is 59.8 Å². The van der Waals surface area contributed by atoms with E-state index in [0.717, 1.165) is 22.6 Å². The second kappa shape index (κ2) is 10.0. The Morgan fingerprint density at radius 3 is 2.32 bits per heavy atom. The zero-order chi connectivity index (χ0) is 21.5. The summed E-state index contributed by atoms with van der Waals surface area (Å²) in [5.41, 5.74) is 2.76. The lowest BCUT2D eigenvalue weighted by Gasteiger charge is -2.05. The van der Waals surface area contributed by atoms with Crippen LogP contribution in [0.4, 0.5) is 4.39 Å². The predicted molar refractivity (Wildman–Crippen MR) is 120 cm³/mol. The van der Waals surface area contributed by atoms with E-state index in [-0.39, 0.29) is 11.7 Å². The number of benzene rings is 3. The van der Waals surface area contributed by atoms with Crippen LogP contribution in [-0.2, 0) is 11.3 Å². The molecule has 1 aromatic heterocycles. The van der Waals surface area contributed by atoms with Gasteiger partial charge in [-0.1, -0.05) is 72.4 Å². The molecule has 0 radical (unpaired) electrons. The Bertz CT molecular complexity index is 1070. The van der Waals surface area contributed by atoms with Crippen molar-refractivity contribution < 1.29 is 9.18 Å². The molecule has 1 N–H and O–H groups in total. The Hall–Kier alpha value is -3.45. The molecule has 1 amide bonds. The van der Waals surface area contributed by atoms with Crippen molar-refractivity contribution in [1.29, 1.82) is 0 Å². The van der Waals surface area contributed by atoms with E-state index in [2.05, 4.69) is 10.4 Å². The lowest BCUT2D eigenvalue weighted by Crippen LogP contribution is -2.23. The van der Waals surface area contributed by atoms with Gasteiger partial charge in [-0.05, 0) is 29.8 Å². The van der Waals surface area contributed by atoms with Crippen molar-refractivity contribution in [2.75, 3.05) is 5.75 Å². The Balaban J connectivity index is 1.39. The van der Waals surface area contributed by atoms with Gasteiger partial charge in [0.25, 0.3) is 0 Å². The zero-order valence-corrected chi connectivity index (χ0v) is 17.6. The van der Waals surface area contributed by atoms with Crippen molar-refractivity contribution >= 4 is 17.7 Å². The van der Waals surface area contributed by atoms with Crippen LogP contribution in [0.5, 0.6) is 0 Å². The molecule has 0 saturated carbocycles. The third kappa shape index (κ3) is 5.58. The summed E-state index contributed by atoms with van der Waals surface area (Å²) in [6, 6.07) is 25.9. The number of rotatable bonds is 8. The molecule has 0 saturated heterocycles. The number of para-hydroxylation sites is 1. The van der Waals surface area contributed by atoms with Gasteiger partial charge in [-0.3, -0.25) is 4.79 Å². The van der Waals surface area contributed by atoms with Crippen molar-refractivity contribution in [3.05, 3.63) is 96.3 Å². The summed E-state index contributed by atoms with van der Waals surface area (Å²) in [5, 5.41) is 8.13. The van der Waals surface area contributed by atoms with E-state index in [0.29, 0.717) is 23.9 Å².